The number of ketones is 1. The lowest BCUT2D eigenvalue weighted by molar-refractivity contribution is -0.160. The van der Waals surface area contributed by atoms with Crippen molar-refractivity contribution in [1.29, 1.82) is 5.26 Å². The number of nitrogens with zero attached hydrogens (tertiary/aromatic N) is 1. The molecule has 0 rings (SSSR count). The second-order valence-corrected chi connectivity index (χ2v) is 3.20. The predicted octanol–water partition coefficient (Wildman–Crippen LogP) is 0.458. The van der Waals surface area contributed by atoms with Gasteiger partial charge >= 0.3 is 11.9 Å². The Morgan fingerprint density at radius 3 is 1.94 bits per heavy atom. The van der Waals surface area contributed by atoms with Gasteiger partial charge in [-0.05, 0) is 20.8 Å². The Labute approximate surface area is 99.5 Å². The number of nitriles is 1. The molecule has 0 aromatic rings. The lowest BCUT2D eigenvalue weighted by Gasteiger charge is -2.16. The maximum Gasteiger partial charge on any atom is 0.324 e. The molecule has 0 saturated carbocycles. The number of hydrogen-bond acceptors (Lipinski definition) is 6. The van der Waals surface area contributed by atoms with Gasteiger partial charge in [-0.3, -0.25) is 14.4 Å². The van der Waals surface area contributed by atoms with E-state index < -0.39 is 29.6 Å². The number of carbonyl (C=O) groups is 3. The van der Waals surface area contributed by atoms with Gasteiger partial charge in [-0.25, -0.2) is 0 Å². The van der Waals surface area contributed by atoms with Crippen molar-refractivity contribution in [3.63, 3.8) is 0 Å². The van der Waals surface area contributed by atoms with Crippen LogP contribution in [0.4, 0.5) is 0 Å². The average Bonchev–Trinajstić information content (AvgIpc) is 2.25. The van der Waals surface area contributed by atoms with Crippen LogP contribution in [-0.4, -0.2) is 30.9 Å². The van der Waals surface area contributed by atoms with Crippen LogP contribution >= 0.6 is 0 Å². The molecule has 2 atom stereocenters. The van der Waals surface area contributed by atoms with Gasteiger partial charge in [-0.1, -0.05) is 0 Å². The number of ether oxygens (including phenoxy) is 2. The molecule has 0 aliphatic rings. The fourth-order valence-electron chi connectivity index (χ4n) is 1.26. The third-order valence-corrected chi connectivity index (χ3v) is 1.99. The van der Waals surface area contributed by atoms with E-state index >= 15 is 0 Å². The number of hydrogen-bond donors (Lipinski definition) is 0. The highest BCUT2D eigenvalue weighted by molar-refractivity contribution is 6.02. The second-order valence-electron chi connectivity index (χ2n) is 3.20. The average molecular weight is 241 g/mol. The minimum atomic E-state index is -1.45. The van der Waals surface area contributed by atoms with E-state index in [1.54, 1.807) is 19.9 Å². The quantitative estimate of drug-likeness (QED) is 0.495. The van der Waals surface area contributed by atoms with E-state index in [0.29, 0.717) is 0 Å². The van der Waals surface area contributed by atoms with Gasteiger partial charge in [0.05, 0.1) is 19.3 Å². The Morgan fingerprint density at radius 1 is 1.12 bits per heavy atom. The first-order valence-electron chi connectivity index (χ1n) is 5.22. The van der Waals surface area contributed by atoms with Crippen LogP contribution < -0.4 is 0 Å². The molecule has 0 N–H and O–H groups in total. The maximum atomic E-state index is 11.5. The molecule has 17 heavy (non-hydrogen) atoms. The molecule has 94 valence electrons. The molecule has 0 radical (unpaired) electrons. The summed E-state index contributed by atoms with van der Waals surface area (Å²) in [5.74, 6) is -5.23. The molecule has 2 unspecified atom stereocenters. The standard InChI is InChI=1S/C11H15NO5/c1-4-16-10(14)8(6-12)9(7(3)13)11(15)17-5-2/h8-9H,4-5H2,1-3H3. The van der Waals surface area contributed by atoms with Crippen molar-refractivity contribution in [2.75, 3.05) is 13.2 Å². The Kier molecular flexibility index (Phi) is 6.56. The lowest BCUT2D eigenvalue weighted by Crippen LogP contribution is -2.36. The third kappa shape index (κ3) is 4.23. The molecule has 0 saturated heterocycles. The molecule has 0 aliphatic heterocycles. The first-order valence-corrected chi connectivity index (χ1v) is 5.22. The van der Waals surface area contributed by atoms with Gasteiger partial charge in [0.15, 0.2) is 5.92 Å². The van der Waals surface area contributed by atoms with E-state index in [9.17, 15) is 14.4 Å². The number of carbonyl (C=O) groups excluding carboxylic acids is 3. The molecular weight excluding hydrogens is 226 g/mol. The van der Waals surface area contributed by atoms with Gasteiger partial charge in [-0.2, -0.15) is 5.26 Å². The molecule has 0 fully saturated rings. The van der Waals surface area contributed by atoms with E-state index in [1.165, 1.54) is 0 Å². The Morgan fingerprint density at radius 2 is 1.59 bits per heavy atom. The van der Waals surface area contributed by atoms with E-state index in [0.717, 1.165) is 6.92 Å². The van der Waals surface area contributed by atoms with Crippen LogP contribution in [0.1, 0.15) is 20.8 Å². The molecule has 0 heterocycles. The van der Waals surface area contributed by atoms with E-state index in [1.807, 2.05) is 0 Å². The molecule has 0 spiro atoms. The van der Waals surface area contributed by atoms with Crippen molar-refractivity contribution in [3.8, 4) is 6.07 Å². The second kappa shape index (κ2) is 7.39. The summed E-state index contributed by atoms with van der Waals surface area (Å²) < 4.78 is 9.29. The van der Waals surface area contributed by atoms with Gasteiger partial charge < -0.3 is 9.47 Å². The lowest BCUT2D eigenvalue weighted by atomic mass is 9.90. The Bertz CT molecular complexity index is 344. The van der Waals surface area contributed by atoms with Crippen molar-refractivity contribution in [1.82, 2.24) is 0 Å². The zero-order valence-corrected chi connectivity index (χ0v) is 10.1. The summed E-state index contributed by atoms with van der Waals surface area (Å²) in [6.07, 6.45) is 0. The zero-order chi connectivity index (χ0) is 13.4. The van der Waals surface area contributed by atoms with E-state index in [4.69, 9.17) is 5.26 Å². The molecule has 0 amide bonds. The summed E-state index contributed by atoms with van der Waals surface area (Å²) in [6.45, 7) is 4.42. The summed E-state index contributed by atoms with van der Waals surface area (Å²) in [7, 11) is 0. The summed E-state index contributed by atoms with van der Waals surface area (Å²) in [6, 6.07) is 1.61. The Hall–Kier alpha value is -1.90. The summed E-state index contributed by atoms with van der Waals surface area (Å²) >= 11 is 0. The number of rotatable bonds is 6. The van der Waals surface area contributed by atoms with Crippen LogP contribution in [0.15, 0.2) is 0 Å². The van der Waals surface area contributed by atoms with Crippen LogP contribution in [0.2, 0.25) is 0 Å². The molecule has 0 aliphatic carbocycles. The smallest absolute Gasteiger partial charge is 0.324 e. The predicted molar refractivity (Wildman–Crippen MR) is 56.5 cm³/mol. The SMILES string of the molecule is CCOC(=O)C(C#N)C(C(C)=O)C(=O)OCC. The monoisotopic (exact) mass is 241 g/mol. The van der Waals surface area contributed by atoms with Gasteiger partial charge in [-0.15, -0.1) is 0 Å². The van der Waals surface area contributed by atoms with Crippen LogP contribution in [0.25, 0.3) is 0 Å². The fourth-order valence-corrected chi connectivity index (χ4v) is 1.26. The molecular formula is C11H15NO5. The van der Waals surface area contributed by atoms with Crippen LogP contribution in [-0.2, 0) is 23.9 Å². The molecule has 6 nitrogen and oxygen atoms in total. The molecule has 0 aromatic heterocycles. The fraction of sp³-hybridized carbons (Fsp3) is 0.636. The molecule has 0 bridgehead atoms. The highest BCUT2D eigenvalue weighted by Crippen LogP contribution is 2.16. The zero-order valence-electron chi connectivity index (χ0n) is 10.1. The minimum Gasteiger partial charge on any atom is -0.465 e. The van der Waals surface area contributed by atoms with Crippen molar-refractivity contribution >= 4 is 17.7 Å². The minimum absolute atomic E-state index is 0.0730. The molecule has 6 heteroatoms. The third-order valence-electron chi connectivity index (χ3n) is 1.99. The first kappa shape index (κ1) is 15.1. The number of esters is 2. The van der Waals surface area contributed by atoms with Crippen LogP contribution in [0, 0.1) is 23.2 Å². The topological polar surface area (TPSA) is 93.5 Å². The highest BCUT2D eigenvalue weighted by Gasteiger charge is 2.39. The maximum absolute atomic E-state index is 11.5. The first-order chi connectivity index (χ1) is 7.99. The van der Waals surface area contributed by atoms with E-state index in [2.05, 4.69) is 9.47 Å². The van der Waals surface area contributed by atoms with Gasteiger partial charge in [0.1, 0.15) is 11.7 Å². The summed E-state index contributed by atoms with van der Waals surface area (Å²) in [5, 5.41) is 8.85. The normalized spacial score (nSPS) is 13.1. The summed E-state index contributed by atoms with van der Waals surface area (Å²) in [5.41, 5.74) is 0. The van der Waals surface area contributed by atoms with Gasteiger partial charge in [0, 0.05) is 0 Å². The van der Waals surface area contributed by atoms with Gasteiger partial charge in [0.25, 0.3) is 0 Å². The molecule has 0 aromatic carbocycles. The van der Waals surface area contributed by atoms with E-state index in [-0.39, 0.29) is 13.2 Å². The Balaban J connectivity index is 5.02. The van der Waals surface area contributed by atoms with Gasteiger partial charge in [0.2, 0.25) is 0 Å². The van der Waals surface area contributed by atoms with Crippen LogP contribution in [0.5, 0.6) is 0 Å². The van der Waals surface area contributed by atoms with Crippen molar-refractivity contribution in [3.05, 3.63) is 0 Å². The highest BCUT2D eigenvalue weighted by atomic mass is 16.5. The van der Waals surface area contributed by atoms with Crippen molar-refractivity contribution < 1.29 is 23.9 Å². The number of Topliss-reactive ketones (excluding diaryl/α,β-unsaturated/α-hetero) is 1. The van der Waals surface area contributed by atoms with Crippen molar-refractivity contribution in [2.45, 2.75) is 20.8 Å². The summed E-state index contributed by atoms with van der Waals surface area (Å²) in [4.78, 5) is 34.2. The van der Waals surface area contributed by atoms with Crippen molar-refractivity contribution in [2.24, 2.45) is 11.8 Å². The van der Waals surface area contributed by atoms with Crippen LogP contribution in [0.3, 0.4) is 0 Å². The largest absolute Gasteiger partial charge is 0.465 e.